The molecule has 1 saturated heterocycles. The SMILES string of the molecule is CCN(Cc1nnc(C)o1)[C@H]1CN(CCn2cccn2)C[C@H]1O. The third-order valence-electron chi connectivity index (χ3n) is 4.32. The van der Waals surface area contributed by atoms with Crippen LogP contribution >= 0.6 is 0 Å². The van der Waals surface area contributed by atoms with E-state index in [1.807, 2.05) is 16.9 Å². The predicted octanol–water partition coefficient (Wildman–Crippen LogP) is 0.142. The molecule has 0 aliphatic carbocycles. The average Bonchev–Trinajstić information content (AvgIpc) is 3.25. The van der Waals surface area contributed by atoms with Crippen molar-refractivity contribution in [3.63, 3.8) is 0 Å². The summed E-state index contributed by atoms with van der Waals surface area (Å²) in [7, 11) is 0. The molecule has 1 N–H and O–H groups in total. The second kappa shape index (κ2) is 7.20. The summed E-state index contributed by atoms with van der Waals surface area (Å²) in [5.41, 5.74) is 0. The van der Waals surface area contributed by atoms with Crippen molar-refractivity contribution in [2.75, 3.05) is 26.2 Å². The van der Waals surface area contributed by atoms with E-state index in [4.69, 9.17) is 4.42 Å². The molecule has 0 saturated carbocycles. The van der Waals surface area contributed by atoms with Gasteiger partial charge in [-0.2, -0.15) is 5.10 Å². The largest absolute Gasteiger partial charge is 0.424 e. The first kappa shape index (κ1) is 16.1. The lowest BCUT2D eigenvalue weighted by atomic mass is 10.2. The molecule has 0 bridgehead atoms. The maximum atomic E-state index is 10.4. The fourth-order valence-corrected chi connectivity index (χ4v) is 3.10. The van der Waals surface area contributed by atoms with Gasteiger partial charge in [0.2, 0.25) is 11.8 Å². The number of nitrogens with zero attached hydrogens (tertiary/aromatic N) is 6. The van der Waals surface area contributed by atoms with E-state index in [1.165, 1.54) is 0 Å². The topological polar surface area (TPSA) is 83.5 Å². The molecule has 2 atom stereocenters. The normalized spacial score (nSPS) is 22.3. The van der Waals surface area contributed by atoms with Crippen molar-refractivity contribution < 1.29 is 9.52 Å². The van der Waals surface area contributed by atoms with Crippen LogP contribution < -0.4 is 0 Å². The van der Waals surface area contributed by atoms with E-state index < -0.39 is 0 Å². The Morgan fingerprint density at radius 3 is 2.87 bits per heavy atom. The Labute approximate surface area is 135 Å². The molecule has 0 spiro atoms. The molecule has 2 aromatic heterocycles. The number of aliphatic hydroxyl groups excluding tert-OH is 1. The number of hydrogen-bond acceptors (Lipinski definition) is 7. The van der Waals surface area contributed by atoms with Crippen molar-refractivity contribution in [2.45, 2.75) is 39.1 Å². The summed E-state index contributed by atoms with van der Waals surface area (Å²) in [4.78, 5) is 4.48. The highest BCUT2D eigenvalue weighted by atomic mass is 16.4. The molecule has 0 aromatic carbocycles. The van der Waals surface area contributed by atoms with Gasteiger partial charge in [0, 0.05) is 39.0 Å². The molecule has 1 fully saturated rings. The van der Waals surface area contributed by atoms with E-state index in [1.54, 1.807) is 13.1 Å². The molecule has 23 heavy (non-hydrogen) atoms. The van der Waals surface area contributed by atoms with E-state index in [2.05, 4.69) is 32.0 Å². The van der Waals surface area contributed by atoms with Crippen LogP contribution in [0.2, 0.25) is 0 Å². The maximum absolute atomic E-state index is 10.4. The van der Waals surface area contributed by atoms with Crippen molar-refractivity contribution in [2.24, 2.45) is 0 Å². The molecule has 3 heterocycles. The van der Waals surface area contributed by atoms with Crippen LogP contribution in [0.25, 0.3) is 0 Å². The molecule has 1 aliphatic rings. The predicted molar refractivity (Wildman–Crippen MR) is 83.6 cm³/mol. The van der Waals surface area contributed by atoms with Crippen molar-refractivity contribution >= 4 is 0 Å². The minimum atomic E-state index is -0.364. The molecular formula is C15H24N6O2. The Kier molecular flexibility index (Phi) is 5.04. The molecule has 1 aliphatic heterocycles. The first-order valence-corrected chi connectivity index (χ1v) is 8.06. The van der Waals surface area contributed by atoms with Gasteiger partial charge in [0.05, 0.1) is 25.2 Å². The van der Waals surface area contributed by atoms with Crippen molar-refractivity contribution in [3.8, 4) is 0 Å². The first-order valence-electron chi connectivity index (χ1n) is 8.06. The summed E-state index contributed by atoms with van der Waals surface area (Å²) < 4.78 is 7.38. The third kappa shape index (κ3) is 3.95. The van der Waals surface area contributed by atoms with Gasteiger partial charge in [-0.15, -0.1) is 10.2 Å². The van der Waals surface area contributed by atoms with Gasteiger partial charge in [-0.1, -0.05) is 6.92 Å². The van der Waals surface area contributed by atoms with Crippen molar-refractivity contribution in [1.29, 1.82) is 0 Å². The van der Waals surface area contributed by atoms with E-state index in [9.17, 15) is 5.11 Å². The first-order chi connectivity index (χ1) is 11.2. The Morgan fingerprint density at radius 2 is 2.22 bits per heavy atom. The van der Waals surface area contributed by atoms with Crippen molar-refractivity contribution in [3.05, 3.63) is 30.2 Å². The molecule has 0 radical (unpaired) electrons. The van der Waals surface area contributed by atoms with Gasteiger partial charge in [0.25, 0.3) is 0 Å². The zero-order valence-electron chi connectivity index (χ0n) is 13.7. The highest BCUT2D eigenvalue weighted by molar-refractivity contribution is 4.92. The Morgan fingerprint density at radius 1 is 1.35 bits per heavy atom. The third-order valence-corrected chi connectivity index (χ3v) is 4.32. The molecule has 8 heteroatoms. The Balaban J connectivity index is 1.55. The molecular weight excluding hydrogens is 296 g/mol. The van der Waals surface area contributed by atoms with Gasteiger partial charge in [-0.3, -0.25) is 14.5 Å². The Hall–Kier alpha value is -1.77. The van der Waals surface area contributed by atoms with Gasteiger partial charge in [0.1, 0.15) is 0 Å². The maximum Gasteiger partial charge on any atom is 0.230 e. The minimum absolute atomic E-state index is 0.0878. The number of rotatable bonds is 7. The van der Waals surface area contributed by atoms with E-state index in [0.717, 1.165) is 26.2 Å². The highest BCUT2D eigenvalue weighted by Gasteiger charge is 2.35. The number of aryl methyl sites for hydroxylation is 1. The lowest BCUT2D eigenvalue weighted by Gasteiger charge is -2.28. The monoisotopic (exact) mass is 320 g/mol. The number of likely N-dealkylation sites (N-methyl/N-ethyl adjacent to an activating group) is 1. The fraction of sp³-hybridized carbons (Fsp3) is 0.667. The molecule has 126 valence electrons. The van der Waals surface area contributed by atoms with Crippen molar-refractivity contribution in [1.82, 2.24) is 29.8 Å². The number of hydrogen-bond donors (Lipinski definition) is 1. The average molecular weight is 320 g/mol. The summed E-state index contributed by atoms with van der Waals surface area (Å²) in [5.74, 6) is 1.18. The van der Waals surface area contributed by atoms with Crippen LogP contribution in [0, 0.1) is 6.92 Å². The van der Waals surface area contributed by atoms with Crippen LogP contribution in [-0.2, 0) is 13.1 Å². The minimum Gasteiger partial charge on any atom is -0.424 e. The number of aromatic nitrogens is 4. The number of β-amino-alcohol motifs (C(OH)–C–C–N with tert-alkyl or cyclic N) is 1. The quantitative estimate of drug-likeness (QED) is 0.777. The van der Waals surface area contributed by atoms with Gasteiger partial charge < -0.3 is 9.52 Å². The summed E-state index contributed by atoms with van der Waals surface area (Å²) >= 11 is 0. The molecule has 3 rings (SSSR count). The highest BCUT2D eigenvalue weighted by Crippen LogP contribution is 2.18. The lowest BCUT2D eigenvalue weighted by molar-refractivity contribution is 0.0760. The zero-order valence-corrected chi connectivity index (χ0v) is 13.7. The molecule has 0 amide bonds. The molecule has 8 nitrogen and oxygen atoms in total. The second-order valence-electron chi connectivity index (χ2n) is 5.94. The standard InChI is InChI=1S/C15H24N6O2/c1-3-20(11-15-18-17-12(2)23-15)13-9-19(10-14(13)22)7-8-21-6-4-5-16-21/h4-6,13-14,22H,3,7-11H2,1-2H3/t13-,14+/m0/s1. The summed E-state index contributed by atoms with van der Waals surface area (Å²) in [6.45, 7) is 8.52. The van der Waals surface area contributed by atoms with Gasteiger partial charge >= 0.3 is 0 Å². The zero-order chi connectivity index (χ0) is 16.2. The second-order valence-corrected chi connectivity index (χ2v) is 5.94. The summed E-state index contributed by atoms with van der Waals surface area (Å²) in [5, 5.41) is 22.6. The van der Waals surface area contributed by atoms with Crippen LogP contribution in [-0.4, -0.2) is 73.2 Å². The van der Waals surface area contributed by atoms with Crippen LogP contribution in [0.4, 0.5) is 0 Å². The Bertz CT molecular complexity index is 599. The van der Waals surface area contributed by atoms with Gasteiger partial charge in [-0.05, 0) is 12.6 Å². The lowest BCUT2D eigenvalue weighted by Crippen LogP contribution is -2.42. The molecule has 0 unspecified atom stereocenters. The van der Waals surface area contributed by atoms with Gasteiger partial charge in [-0.25, -0.2) is 0 Å². The van der Waals surface area contributed by atoms with E-state index in [-0.39, 0.29) is 12.1 Å². The van der Waals surface area contributed by atoms with Crippen LogP contribution in [0.3, 0.4) is 0 Å². The van der Waals surface area contributed by atoms with Crippen LogP contribution in [0.1, 0.15) is 18.7 Å². The molecule has 2 aromatic rings. The smallest absolute Gasteiger partial charge is 0.230 e. The fourth-order valence-electron chi connectivity index (χ4n) is 3.10. The van der Waals surface area contributed by atoms with Crippen LogP contribution in [0.15, 0.2) is 22.9 Å². The van der Waals surface area contributed by atoms with E-state index >= 15 is 0 Å². The number of likely N-dealkylation sites (tertiary alicyclic amines) is 1. The van der Waals surface area contributed by atoms with Crippen LogP contribution in [0.5, 0.6) is 0 Å². The van der Waals surface area contributed by atoms with Gasteiger partial charge in [0.15, 0.2) is 0 Å². The van der Waals surface area contributed by atoms with E-state index in [0.29, 0.717) is 24.9 Å². The summed E-state index contributed by atoms with van der Waals surface area (Å²) in [6, 6.07) is 2.01. The number of aliphatic hydroxyl groups is 1. The summed E-state index contributed by atoms with van der Waals surface area (Å²) in [6.07, 6.45) is 3.38.